The summed E-state index contributed by atoms with van der Waals surface area (Å²) in [7, 11) is 0. The lowest BCUT2D eigenvalue weighted by molar-refractivity contribution is 1.21. The van der Waals surface area contributed by atoms with E-state index in [1.807, 2.05) is 0 Å². The highest BCUT2D eigenvalue weighted by atomic mass is 32.1. The first-order valence-corrected chi connectivity index (χ1v) is 2.32. The van der Waals surface area contributed by atoms with Gasteiger partial charge in [-0.2, -0.15) is 0 Å². The molecule has 0 aliphatic rings. The molecule has 0 radical (unpaired) electrons. The van der Waals surface area contributed by atoms with Crippen LogP contribution in [0.25, 0.3) is 0 Å². The number of hydrogen-bond acceptors (Lipinski definition) is 2. The third-order valence-corrected chi connectivity index (χ3v) is 0.733. The zero-order valence-electron chi connectivity index (χ0n) is 3.98. The molecule has 0 saturated heterocycles. The molecule has 2 nitrogen and oxygen atoms in total. The molecule has 0 aromatic carbocycles. The first kappa shape index (κ1) is 6.59. The molecule has 0 saturated carbocycles. The van der Waals surface area contributed by atoms with Crippen molar-refractivity contribution in [2.24, 2.45) is 5.73 Å². The van der Waals surface area contributed by atoms with Crippen LogP contribution in [0.1, 0.15) is 0 Å². The Bertz CT molecular complexity index is 79.8. The van der Waals surface area contributed by atoms with Crippen LogP contribution in [0.3, 0.4) is 0 Å². The summed E-state index contributed by atoms with van der Waals surface area (Å²) in [6.07, 6.45) is 1.51. The molecule has 0 unspecified atom stereocenters. The molecule has 0 aliphatic carbocycles. The standard InChI is InChI=1S/C4H8N2S/c1-2-6-4(7)3-5/h2H,1,3,5H2,(H,6,7). The lowest BCUT2D eigenvalue weighted by Crippen LogP contribution is -2.23. The second-order valence-corrected chi connectivity index (χ2v) is 1.47. The maximum absolute atomic E-state index is 5.11. The third kappa shape index (κ3) is 3.42. The largest absolute Gasteiger partial charge is 0.356 e. The van der Waals surface area contributed by atoms with Gasteiger partial charge in [0.05, 0.1) is 4.99 Å². The summed E-state index contributed by atoms with van der Waals surface area (Å²) >= 11 is 4.65. The van der Waals surface area contributed by atoms with Crippen LogP contribution >= 0.6 is 12.2 Å². The number of thiocarbonyl (C=S) groups is 1. The molecular formula is C4H8N2S. The van der Waals surface area contributed by atoms with E-state index < -0.39 is 0 Å². The van der Waals surface area contributed by atoms with Crippen LogP contribution in [0.5, 0.6) is 0 Å². The van der Waals surface area contributed by atoms with Crippen LogP contribution < -0.4 is 11.1 Å². The second kappa shape index (κ2) is 3.77. The number of rotatable bonds is 2. The van der Waals surface area contributed by atoms with Crippen molar-refractivity contribution in [3.8, 4) is 0 Å². The minimum absolute atomic E-state index is 0.390. The average molecular weight is 116 g/mol. The lowest BCUT2D eigenvalue weighted by atomic mass is 10.6. The Morgan fingerprint density at radius 3 is 2.71 bits per heavy atom. The Hall–Kier alpha value is -0.410. The van der Waals surface area contributed by atoms with E-state index in [1.54, 1.807) is 0 Å². The number of nitrogens with two attached hydrogens (primary N) is 1. The molecule has 0 aromatic rings. The Morgan fingerprint density at radius 2 is 2.57 bits per heavy atom. The highest BCUT2D eigenvalue weighted by Crippen LogP contribution is 1.62. The zero-order valence-corrected chi connectivity index (χ0v) is 4.79. The minimum atomic E-state index is 0.390. The summed E-state index contributed by atoms with van der Waals surface area (Å²) < 4.78 is 0. The van der Waals surface area contributed by atoms with E-state index in [9.17, 15) is 0 Å². The Balaban J connectivity index is 3.17. The lowest BCUT2D eigenvalue weighted by Gasteiger charge is -1.93. The summed E-state index contributed by atoms with van der Waals surface area (Å²) in [6.45, 7) is 3.78. The molecule has 0 spiro atoms. The van der Waals surface area contributed by atoms with E-state index in [0.717, 1.165) is 0 Å². The molecule has 0 atom stereocenters. The van der Waals surface area contributed by atoms with Crippen molar-refractivity contribution in [2.75, 3.05) is 6.54 Å². The Labute approximate surface area is 48.4 Å². The summed E-state index contributed by atoms with van der Waals surface area (Å²) in [5.41, 5.74) is 5.11. The average Bonchev–Trinajstić information content (AvgIpc) is 1.68. The fourth-order valence-corrected chi connectivity index (χ4v) is 0.256. The molecule has 0 rings (SSSR count). The molecule has 3 N–H and O–H groups in total. The van der Waals surface area contributed by atoms with Gasteiger partial charge in [-0.25, -0.2) is 0 Å². The van der Waals surface area contributed by atoms with Gasteiger partial charge >= 0.3 is 0 Å². The van der Waals surface area contributed by atoms with E-state index in [4.69, 9.17) is 5.73 Å². The fourth-order valence-electron chi connectivity index (χ4n) is 0.173. The van der Waals surface area contributed by atoms with Crippen molar-refractivity contribution < 1.29 is 0 Å². The molecule has 0 bridgehead atoms. The predicted molar refractivity (Wildman–Crippen MR) is 35.0 cm³/mol. The van der Waals surface area contributed by atoms with Crippen molar-refractivity contribution in [3.63, 3.8) is 0 Å². The fraction of sp³-hybridized carbons (Fsp3) is 0.250. The minimum Gasteiger partial charge on any atom is -0.356 e. The zero-order chi connectivity index (χ0) is 5.70. The Kier molecular flexibility index (Phi) is 3.55. The summed E-state index contributed by atoms with van der Waals surface area (Å²) in [5, 5.41) is 2.67. The van der Waals surface area contributed by atoms with Gasteiger partial charge in [0, 0.05) is 6.54 Å². The molecular weight excluding hydrogens is 108 g/mol. The van der Waals surface area contributed by atoms with Gasteiger partial charge in [-0.1, -0.05) is 18.8 Å². The molecule has 3 heteroatoms. The van der Waals surface area contributed by atoms with E-state index in [2.05, 4.69) is 24.1 Å². The molecule has 0 heterocycles. The van der Waals surface area contributed by atoms with Gasteiger partial charge in [0.15, 0.2) is 0 Å². The third-order valence-electron chi connectivity index (χ3n) is 0.448. The van der Waals surface area contributed by atoms with Gasteiger partial charge in [0.2, 0.25) is 0 Å². The van der Waals surface area contributed by atoms with Crippen LogP contribution in [-0.2, 0) is 0 Å². The van der Waals surface area contributed by atoms with Gasteiger partial charge < -0.3 is 11.1 Å². The van der Waals surface area contributed by atoms with Crippen LogP contribution in [0.15, 0.2) is 12.8 Å². The topological polar surface area (TPSA) is 38.0 Å². The SMILES string of the molecule is C=CNC(=S)CN. The molecule has 40 valence electrons. The van der Waals surface area contributed by atoms with Crippen LogP contribution in [0.2, 0.25) is 0 Å². The number of nitrogens with one attached hydrogen (secondary N) is 1. The molecule has 0 aromatic heterocycles. The number of hydrogen-bond donors (Lipinski definition) is 2. The second-order valence-electron chi connectivity index (χ2n) is 0.976. The molecule has 7 heavy (non-hydrogen) atoms. The monoisotopic (exact) mass is 116 g/mol. The Morgan fingerprint density at radius 1 is 2.00 bits per heavy atom. The van der Waals surface area contributed by atoms with Crippen LogP contribution in [0, 0.1) is 0 Å². The highest BCUT2D eigenvalue weighted by Gasteiger charge is 1.80. The van der Waals surface area contributed by atoms with E-state index in [1.165, 1.54) is 6.20 Å². The van der Waals surface area contributed by atoms with Crippen molar-refractivity contribution in [1.82, 2.24) is 5.32 Å². The first-order valence-electron chi connectivity index (χ1n) is 1.91. The summed E-state index contributed by atoms with van der Waals surface area (Å²) in [5.74, 6) is 0. The van der Waals surface area contributed by atoms with Crippen LogP contribution in [-0.4, -0.2) is 11.5 Å². The molecule has 0 fully saturated rings. The van der Waals surface area contributed by atoms with Crippen molar-refractivity contribution in [2.45, 2.75) is 0 Å². The van der Waals surface area contributed by atoms with Gasteiger partial charge in [0.1, 0.15) is 0 Å². The van der Waals surface area contributed by atoms with E-state index in [0.29, 0.717) is 11.5 Å². The predicted octanol–water partition coefficient (Wildman–Crippen LogP) is 0.00560. The van der Waals surface area contributed by atoms with Gasteiger partial charge in [0.25, 0.3) is 0 Å². The first-order chi connectivity index (χ1) is 3.31. The summed E-state index contributed by atoms with van der Waals surface area (Å²) in [4.78, 5) is 0.620. The van der Waals surface area contributed by atoms with Gasteiger partial charge in [-0.05, 0) is 6.20 Å². The van der Waals surface area contributed by atoms with Crippen LogP contribution in [0.4, 0.5) is 0 Å². The van der Waals surface area contributed by atoms with E-state index in [-0.39, 0.29) is 0 Å². The van der Waals surface area contributed by atoms with Crippen molar-refractivity contribution in [3.05, 3.63) is 12.8 Å². The smallest absolute Gasteiger partial charge is 0.0930 e. The maximum atomic E-state index is 5.11. The summed E-state index contributed by atoms with van der Waals surface area (Å²) in [6, 6.07) is 0. The van der Waals surface area contributed by atoms with E-state index >= 15 is 0 Å². The van der Waals surface area contributed by atoms with Gasteiger partial charge in [-0.3, -0.25) is 0 Å². The molecule has 0 amide bonds. The quantitative estimate of drug-likeness (QED) is 0.499. The molecule has 0 aliphatic heterocycles. The highest BCUT2D eigenvalue weighted by molar-refractivity contribution is 7.80. The van der Waals surface area contributed by atoms with Crippen molar-refractivity contribution >= 4 is 17.2 Å². The normalized spacial score (nSPS) is 7.57. The van der Waals surface area contributed by atoms with Crippen molar-refractivity contribution in [1.29, 1.82) is 0 Å². The maximum Gasteiger partial charge on any atom is 0.0930 e. The van der Waals surface area contributed by atoms with Gasteiger partial charge in [-0.15, -0.1) is 0 Å².